The second-order valence-corrected chi connectivity index (χ2v) is 4.94. The van der Waals surface area contributed by atoms with E-state index in [1.165, 1.54) is 19.4 Å². The number of Topliss-reactive ketones (excluding diaryl/α,β-unsaturated/α-hetero) is 1. The predicted octanol–water partition coefficient (Wildman–Crippen LogP) is 4.31. The average Bonchev–Trinajstić information content (AvgIpc) is 2.59. The van der Waals surface area contributed by atoms with Crippen LogP contribution in [0.2, 0.25) is 0 Å². The van der Waals surface area contributed by atoms with E-state index < -0.39 is 0 Å². The summed E-state index contributed by atoms with van der Waals surface area (Å²) in [6, 6.07) is 22.3. The Kier molecular flexibility index (Phi) is 15.0. The fourth-order valence-corrected chi connectivity index (χ4v) is 1.36. The van der Waals surface area contributed by atoms with E-state index in [0.29, 0.717) is 0 Å². The van der Waals surface area contributed by atoms with Crippen LogP contribution in [-0.2, 0) is 14.3 Å². The third kappa shape index (κ3) is 20.0. The molecule has 2 aromatic carbocycles. The molecule has 1 aliphatic rings. The molecule has 3 nitrogen and oxygen atoms in total. The topological polar surface area (TPSA) is 35.5 Å². The highest BCUT2D eigenvalue weighted by molar-refractivity contribution is 5.72. The average molecular weight is 316 g/mol. The number of carbonyl (C=O) groups is 1. The van der Waals surface area contributed by atoms with Crippen LogP contribution in [-0.4, -0.2) is 32.2 Å². The molecule has 0 bridgehead atoms. The molecule has 0 spiro atoms. The molecule has 0 aliphatic carbocycles. The molecule has 1 saturated heterocycles. The van der Waals surface area contributed by atoms with Crippen LogP contribution in [0.15, 0.2) is 66.7 Å². The Balaban J connectivity index is 0.000000286. The van der Waals surface area contributed by atoms with Gasteiger partial charge in [0.15, 0.2) is 0 Å². The van der Waals surface area contributed by atoms with Gasteiger partial charge in [-0.25, -0.2) is 0 Å². The molecule has 1 heterocycles. The maximum Gasteiger partial charge on any atom is 0.126 e. The quantitative estimate of drug-likeness (QED) is 0.726. The number of aryl methyl sites for hydroxylation is 1. The molecule has 0 saturated carbocycles. The summed E-state index contributed by atoms with van der Waals surface area (Å²) < 4.78 is 9.89. The first-order valence-electron chi connectivity index (χ1n) is 7.77. The molecule has 0 aromatic heterocycles. The molecule has 0 N–H and O–H groups in total. The van der Waals surface area contributed by atoms with Crippen LogP contribution < -0.4 is 0 Å². The second-order valence-electron chi connectivity index (χ2n) is 4.94. The molecule has 0 amide bonds. The first kappa shape index (κ1) is 21.0. The minimum absolute atomic E-state index is 0.167. The molecule has 0 unspecified atom stereocenters. The van der Waals surface area contributed by atoms with Crippen molar-refractivity contribution in [1.82, 2.24) is 0 Å². The van der Waals surface area contributed by atoms with Gasteiger partial charge in [-0.1, -0.05) is 72.3 Å². The van der Waals surface area contributed by atoms with Crippen molar-refractivity contribution in [2.24, 2.45) is 0 Å². The highest BCUT2D eigenvalue weighted by Gasteiger charge is 1.94. The lowest BCUT2D eigenvalue weighted by Crippen LogP contribution is -2.16. The van der Waals surface area contributed by atoms with Gasteiger partial charge in [0.25, 0.3) is 0 Å². The molecule has 126 valence electrons. The Morgan fingerprint density at radius 3 is 1.13 bits per heavy atom. The summed E-state index contributed by atoms with van der Waals surface area (Å²) in [7, 11) is 0. The van der Waals surface area contributed by atoms with E-state index >= 15 is 0 Å². The first-order valence-corrected chi connectivity index (χ1v) is 7.77. The van der Waals surface area contributed by atoms with Gasteiger partial charge in [0.2, 0.25) is 0 Å². The Morgan fingerprint density at radius 2 is 0.957 bits per heavy atom. The van der Waals surface area contributed by atoms with Gasteiger partial charge >= 0.3 is 0 Å². The standard InChI is InChI=1S/C7H8.C6H6.C4H8O2.C3H6O/c1-7-5-3-2-4-6-7;1-2-4-6-5-3-1;1-2-6-4-3-5-1;1-3(2)4/h2-6H,1H3;1-6H;1-4H2;1-2H3. The fraction of sp³-hybridized carbons (Fsp3) is 0.350. The summed E-state index contributed by atoms with van der Waals surface area (Å²) >= 11 is 0. The molecular formula is C20H28O3. The van der Waals surface area contributed by atoms with Crippen molar-refractivity contribution < 1.29 is 14.3 Å². The second kappa shape index (κ2) is 16.4. The number of ether oxygens (including phenoxy) is 2. The van der Waals surface area contributed by atoms with Gasteiger partial charge < -0.3 is 14.3 Å². The zero-order valence-electron chi connectivity index (χ0n) is 14.4. The first-order chi connectivity index (χ1) is 11.1. The van der Waals surface area contributed by atoms with E-state index in [1.54, 1.807) is 0 Å². The van der Waals surface area contributed by atoms with Crippen molar-refractivity contribution in [1.29, 1.82) is 0 Å². The van der Waals surface area contributed by atoms with Crippen molar-refractivity contribution in [3.05, 3.63) is 72.3 Å². The summed E-state index contributed by atoms with van der Waals surface area (Å²) in [5.74, 6) is 0.167. The monoisotopic (exact) mass is 316 g/mol. The normalized spacial score (nSPS) is 12.1. The van der Waals surface area contributed by atoms with E-state index in [2.05, 4.69) is 19.1 Å². The highest BCUT2D eigenvalue weighted by Crippen LogP contribution is 1.92. The summed E-state index contributed by atoms with van der Waals surface area (Å²) in [5, 5.41) is 0. The van der Waals surface area contributed by atoms with Crippen LogP contribution in [0.5, 0.6) is 0 Å². The maximum absolute atomic E-state index is 9.44. The molecule has 0 atom stereocenters. The number of rotatable bonds is 0. The van der Waals surface area contributed by atoms with Crippen molar-refractivity contribution >= 4 is 5.78 Å². The summed E-state index contributed by atoms with van der Waals surface area (Å²) in [5.41, 5.74) is 1.32. The van der Waals surface area contributed by atoms with Gasteiger partial charge in [0, 0.05) is 0 Å². The van der Waals surface area contributed by atoms with Crippen molar-refractivity contribution in [3.63, 3.8) is 0 Å². The lowest BCUT2D eigenvalue weighted by Gasteiger charge is -2.09. The van der Waals surface area contributed by atoms with E-state index in [9.17, 15) is 4.79 Å². The zero-order chi connectivity index (χ0) is 17.2. The molecule has 0 radical (unpaired) electrons. The third-order valence-corrected chi connectivity index (χ3v) is 2.35. The minimum Gasteiger partial charge on any atom is -0.377 e. The largest absolute Gasteiger partial charge is 0.377 e. The zero-order valence-corrected chi connectivity index (χ0v) is 14.4. The predicted molar refractivity (Wildman–Crippen MR) is 95.6 cm³/mol. The lowest BCUT2D eigenvalue weighted by molar-refractivity contribution is -0.114. The van der Waals surface area contributed by atoms with Crippen molar-refractivity contribution in [2.75, 3.05) is 26.4 Å². The SMILES string of the molecule is C1COCCO1.CC(C)=O.Cc1ccccc1.c1ccccc1. The third-order valence-electron chi connectivity index (χ3n) is 2.35. The van der Waals surface area contributed by atoms with Crippen molar-refractivity contribution in [3.8, 4) is 0 Å². The molecule has 2 aromatic rings. The molecule has 1 fully saturated rings. The molecule has 3 heteroatoms. The van der Waals surface area contributed by atoms with Gasteiger partial charge in [-0.2, -0.15) is 0 Å². The maximum atomic E-state index is 9.44. The van der Waals surface area contributed by atoms with E-state index in [1.807, 2.05) is 54.6 Å². The number of hydrogen-bond acceptors (Lipinski definition) is 3. The van der Waals surface area contributed by atoms with Gasteiger partial charge in [-0.15, -0.1) is 0 Å². The number of ketones is 1. The highest BCUT2D eigenvalue weighted by atomic mass is 16.6. The number of hydrogen-bond donors (Lipinski definition) is 0. The Bertz CT molecular complexity index is 423. The van der Waals surface area contributed by atoms with E-state index in [-0.39, 0.29) is 5.78 Å². The van der Waals surface area contributed by atoms with Crippen LogP contribution in [0.25, 0.3) is 0 Å². The van der Waals surface area contributed by atoms with Crippen LogP contribution in [0.4, 0.5) is 0 Å². The summed E-state index contributed by atoms with van der Waals surface area (Å²) in [4.78, 5) is 9.44. The Labute approximate surface area is 140 Å². The van der Waals surface area contributed by atoms with Gasteiger partial charge in [0.1, 0.15) is 5.78 Å². The van der Waals surface area contributed by atoms with E-state index in [4.69, 9.17) is 9.47 Å². The van der Waals surface area contributed by atoms with Gasteiger partial charge in [-0.3, -0.25) is 0 Å². The smallest absolute Gasteiger partial charge is 0.126 e. The van der Waals surface area contributed by atoms with Gasteiger partial charge in [-0.05, 0) is 20.8 Å². The Hall–Kier alpha value is -1.97. The lowest BCUT2D eigenvalue weighted by atomic mass is 10.2. The Morgan fingerprint density at radius 1 is 0.696 bits per heavy atom. The number of carbonyl (C=O) groups excluding carboxylic acids is 1. The molecule has 23 heavy (non-hydrogen) atoms. The minimum atomic E-state index is 0.167. The van der Waals surface area contributed by atoms with Crippen molar-refractivity contribution in [2.45, 2.75) is 20.8 Å². The van der Waals surface area contributed by atoms with Crippen LogP contribution >= 0.6 is 0 Å². The molecular weight excluding hydrogens is 288 g/mol. The van der Waals surface area contributed by atoms with Crippen LogP contribution in [0.1, 0.15) is 19.4 Å². The summed E-state index contributed by atoms with van der Waals surface area (Å²) in [6.45, 7) is 8.25. The number of benzene rings is 2. The van der Waals surface area contributed by atoms with E-state index in [0.717, 1.165) is 26.4 Å². The van der Waals surface area contributed by atoms with Crippen LogP contribution in [0, 0.1) is 6.92 Å². The van der Waals surface area contributed by atoms with Crippen LogP contribution in [0.3, 0.4) is 0 Å². The summed E-state index contributed by atoms with van der Waals surface area (Å²) in [6.07, 6.45) is 0. The molecule has 3 rings (SSSR count). The fourth-order valence-electron chi connectivity index (χ4n) is 1.36. The van der Waals surface area contributed by atoms with Gasteiger partial charge in [0.05, 0.1) is 26.4 Å². The molecule has 1 aliphatic heterocycles.